The SMILES string of the molecule is C[C@@H](c1ccc(C(=O)NCc2ccc3nsnc3c2)o1)N1CCCCC1. The molecular formula is C19H22N4O2S. The molecule has 0 bridgehead atoms. The van der Waals surface area contributed by atoms with Crippen LogP contribution in [0.25, 0.3) is 11.0 Å². The Labute approximate surface area is 156 Å². The van der Waals surface area contributed by atoms with Crippen LogP contribution in [0.15, 0.2) is 34.7 Å². The number of fused-ring (bicyclic) bond motifs is 1. The van der Waals surface area contributed by atoms with Gasteiger partial charge in [-0.25, -0.2) is 0 Å². The number of nitrogens with one attached hydrogen (secondary N) is 1. The van der Waals surface area contributed by atoms with E-state index in [-0.39, 0.29) is 11.9 Å². The number of aromatic nitrogens is 2. The van der Waals surface area contributed by atoms with Crippen molar-refractivity contribution in [2.24, 2.45) is 0 Å². The second kappa shape index (κ2) is 7.55. The fourth-order valence-corrected chi connectivity index (χ4v) is 3.91. The zero-order chi connectivity index (χ0) is 17.9. The van der Waals surface area contributed by atoms with Gasteiger partial charge >= 0.3 is 0 Å². The van der Waals surface area contributed by atoms with Crippen LogP contribution in [-0.4, -0.2) is 32.6 Å². The molecule has 1 atom stereocenters. The minimum absolute atomic E-state index is 0.196. The summed E-state index contributed by atoms with van der Waals surface area (Å²) in [5.74, 6) is 1.02. The Morgan fingerprint density at radius 2 is 2.00 bits per heavy atom. The van der Waals surface area contributed by atoms with Crippen molar-refractivity contribution < 1.29 is 9.21 Å². The maximum Gasteiger partial charge on any atom is 0.287 e. The molecule has 4 rings (SSSR count). The first-order valence-corrected chi connectivity index (χ1v) is 9.77. The molecule has 0 unspecified atom stereocenters. The zero-order valence-corrected chi connectivity index (χ0v) is 15.6. The molecule has 1 N–H and O–H groups in total. The van der Waals surface area contributed by atoms with Gasteiger partial charge in [0.25, 0.3) is 5.91 Å². The van der Waals surface area contributed by atoms with Gasteiger partial charge in [-0.1, -0.05) is 12.5 Å². The van der Waals surface area contributed by atoms with Crippen molar-refractivity contribution in [2.75, 3.05) is 13.1 Å². The van der Waals surface area contributed by atoms with Gasteiger partial charge in [-0.05, 0) is 62.7 Å². The van der Waals surface area contributed by atoms with E-state index < -0.39 is 0 Å². The molecule has 1 saturated heterocycles. The molecule has 1 aliphatic rings. The van der Waals surface area contributed by atoms with E-state index in [9.17, 15) is 4.79 Å². The number of carbonyl (C=O) groups excluding carboxylic acids is 1. The number of amides is 1. The number of carbonyl (C=O) groups is 1. The highest BCUT2D eigenvalue weighted by molar-refractivity contribution is 7.00. The van der Waals surface area contributed by atoms with E-state index in [0.29, 0.717) is 12.3 Å². The van der Waals surface area contributed by atoms with Crippen LogP contribution in [-0.2, 0) is 6.54 Å². The third-order valence-corrected chi connectivity index (χ3v) is 5.53. The van der Waals surface area contributed by atoms with Gasteiger partial charge in [-0.3, -0.25) is 9.69 Å². The van der Waals surface area contributed by atoms with Crippen LogP contribution in [0.1, 0.15) is 54.1 Å². The van der Waals surface area contributed by atoms with Crippen LogP contribution in [0.3, 0.4) is 0 Å². The topological polar surface area (TPSA) is 71.3 Å². The third-order valence-electron chi connectivity index (χ3n) is 4.97. The number of likely N-dealkylation sites (tertiary alicyclic amines) is 1. The van der Waals surface area contributed by atoms with E-state index in [4.69, 9.17) is 4.42 Å². The predicted molar refractivity (Wildman–Crippen MR) is 101 cm³/mol. The highest BCUT2D eigenvalue weighted by Crippen LogP contribution is 2.25. The van der Waals surface area contributed by atoms with E-state index in [1.165, 1.54) is 31.0 Å². The molecule has 3 aromatic rings. The van der Waals surface area contributed by atoms with Gasteiger partial charge in [0.1, 0.15) is 16.8 Å². The van der Waals surface area contributed by atoms with E-state index in [2.05, 4.69) is 25.9 Å². The van der Waals surface area contributed by atoms with Crippen molar-refractivity contribution in [3.05, 3.63) is 47.4 Å². The van der Waals surface area contributed by atoms with Crippen LogP contribution in [0.5, 0.6) is 0 Å². The van der Waals surface area contributed by atoms with Gasteiger partial charge in [0, 0.05) is 6.54 Å². The molecule has 1 fully saturated rings. The number of hydrogen-bond acceptors (Lipinski definition) is 6. The molecule has 0 spiro atoms. The Hall–Kier alpha value is -2.25. The highest BCUT2D eigenvalue weighted by Gasteiger charge is 2.22. The van der Waals surface area contributed by atoms with Crippen LogP contribution in [0.2, 0.25) is 0 Å². The molecule has 3 heterocycles. The van der Waals surface area contributed by atoms with E-state index in [1.807, 2.05) is 24.3 Å². The summed E-state index contributed by atoms with van der Waals surface area (Å²) in [5.41, 5.74) is 2.73. The van der Waals surface area contributed by atoms with Crippen molar-refractivity contribution in [2.45, 2.75) is 38.8 Å². The molecule has 0 aliphatic carbocycles. The van der Waals surface area contributed by atoms with E-state index in [1.54, 1.807) is 6.07 Å². The number of rotatable bonds is 5. The lowest BCUT2D eigenvalue weighted by Gasteiger charge is -2.31. The second-order valence-electron chi connectivity index (χ2n) is 6.74. The summed E-state index contributed by atoms with van der Waals surface area (Å²) in [6.07, 6.45) is 3.77. The Morgan fingerprint density at radius 1 is 1.19 bits per heavy atom. The minimum atomic E-state index is -0.196. The maximum atomic E-state index is 12.4. The average molecular weight is 370 g/mol. The molecule has 136 valence electrons. The van der Waals surface area contributed by atoms with Crippen molar-refractivity contribution in [3.63, 3.8) is 0 Å². The highest BCUT2D eigenvalue weighted by atomic mass is 32.1. The molecule has 26 heavy (non-hydrogen) atoms. The lowest BCUT2D eigenvalue weighted by molar-refractivity contribution is 0.0914. The van der Waals surface area contributed by atoms with Gasteiger partial charge in [0.15, 0.2) is 5.76 Å². The van der Waals surface area contributed by atoms with Crippen molar-refractivity contribution in [1.29, 1.82) is 0 Å². The smallest absolute Gasteiger partial charge is 0.287 e. The summed E-state index contributed by atoms with van der Waals surface area (Å²) in [6, 6.07) is 9.71. The average Bonchev–Trinajstić information content (AvgIpc) is 3.35. The Bertz CT molecular complexity index is 898. The van der Waals surface area contributed by atoms with Gasteiger partial charge in [-0.2, -0.15) is 8.75 Å². The lowest BCUT2D eigenvalue weighted by atomic mass is 10.1. The molecule has 7 heteroatoms. The first-order valence-electron chi connectivity index (χ1n) is 9.04. The summed E-state index contributed by atoms with van der Waals surface area (Å²) in [5, 5.41) is 2.91. The molecule has 1 amide bonds. The number of benzene rings is 1. The third kappa shape index (κ3) is 3.64. The van der Waals surface area contributed by atoms with Crippen molar-refractivity contribution >= 4 is 28.7 Å². The first kappa shape index (κ1) is 17.2. The largest absolute Gasteiger partial charge is 0.454 e. The molecule has 6 nitrogen and oxygen atoms in total. The normalized spacial score (nSPS) is 16.7. The summed E-state index contributed by atoms with van der Waals surface area (Å²) in [7, 11) is 0. The van der Waals surface area contributed by atoms with Gasteiger partial charge in [-0.15, -0.1) is 0 Å². The Morgan fingerprint density at radius 3 is 2.85 bits per heavy atom. The first-order chi connectivity index (χ1) is 12.7. The summed E-state index contributed by atoms with van der Waals surface area (Å²) in [4.78, 5) is 14.8. The van der Waals surface area contributed by atoms with Gasteiger partial charge in [0.05, 0.1) is 17.8 Å². The monoisotopic (exact) mass is 370 g/mol. The second-order valence-corrected chi connectivity index (χ2v) is 7.27. The van der Waals surface area contributed by atoms with Crippen molar-refractivity contribution in [1.82, 2.24) is 19.0 Å². The minimum Gasteiger partial charge on any atom is -0.454 e. The molecular weight excluding hydrogens is 348 g/mol. The van der Waals surface area contributed by atoms with Gasteiger partial charge < -0.3 is 9.73 Å². The fourth-order valence-electron chi connectivity index (χ4n) is 3.39. The quantitative estimate of drug-likeness (QED) is 0.740. The molecule has 2 aromatic heterocycles. The van der Waals surface area contributed by atoms with E-state index in [0.717, 1.165) is 35.4 Å². The summed E-state index contributed by atoms with van der Waals surface area (Å²) < 4.78 is 14.2. The van der Waals surface area contributed by atoms with Crippen LogP contribution in [0, 0.1) is 0 Å². The number of hydrogen-bond donors (Lipinski definition) is 1. The zero-order valence-electron chi connectivity index (χ0n) is 14.8. The number of nitrogens with zero attached hydrogens (tertiary/aromatic N) is 3. The summed E-state index contributed by atoms with van der Waals surface area (Å²) >= 11 is 1.19. The van der Waals surface area contributed by atoms with Crippen molar-refractivity contribution in [3.8, 4) is 0 Å². The number of furan rings is 1. The standard InChI is InChI=1S/C19H22N4O2S/c1-13(23-9-3-2-4-10-23)17-7-8-18(25-17)19(24)20-12-14-5-6-15-16(11-14)22-26-21-15/h5-8,11,13H,2-4,9-10,12H2,1H3,(H,20,24)/t13-/m0/s1. The molecule has 0 saturated carbocycles. The molecule has 0 radical (unpaired) electrons. The fraction of sp³-hybridized carbons (Fsp3) is 0.421. The van der Waals surface area contributed by atoms with E-state index >= 15 is 0 Å². The number of piperidine rings is 1. The Kier molecular flexibility index (Phi) is 4.99. The molecule has 1 aromatic carbocycles. The lowest BCUT2D eigenvalue weighted by Crippen LogP contribution is -2.32. The predicted octanol–water partition coefficient (Wildman–Crippen LogP) is 3.76. The summed E-state index contributed by atoms with van der Waals surface area (Å²) in [6.45, 7) is 4.77. The molecule has 1 aliphatic heterocycles. The maximum absolute atomic E-state index is 12.4. The Balaban J connectivity index is 1.38. The van der Waals surface area contributed by atoms with Gasteiger partial charge in [0.2, 0.25) is 0 Å². The van der Waals surface area contributed by atoms with Crippen LogP contribution in [0.4, 0.5) is 0 Å². The van der Waals surface area contributed by atoms with Crippen LogP contribution < -0.4 is 5.32 Å². The van der Waals surface area contributed by atoms with Crippen LogP contribution >= 0.6 is 11.7 Å².